The second-order valence-corrected chi connectivity index (χ2v) is 11.0. The molecule has 1 unspecified atom stereocenters. The molecule has 10 N–H and O–H groups in total. The highest BCUT2D eigenvalue weighted by atomic mass is 32.2. The van der Waals surface area contributed by atoms with E-state index in [2.05, 4.69) is 36.0 Å². The number of guanidine groups is 1. The number of rotatable bonds is 13. The number of thiazole rings is 1. The zero-order valence-electron chi connectivity index (χ0n) is 21.1. The standard InChI is InChI=1S/C19H26N12O8S2/c20-3-4-23-17(21)24-5-9-6-25-30(28-9)7-11-13(15(33)31(11)41(36,37)38)27-14(32)12(10-8-40-18(22)26-10)29-39-19(1-2-19)16(34)35/h6,8,11,13H,1-5,7,20H2,(H2,22,26)(H,27,32)(H,34,35)(H3,21,23,24)(H,36,37,38)/b29-12-/t11-,13?/m0/s1. The summed E-state index contributed by atoms with van der Waals surface area (Å²) in [6, 6.07) is -2.83. The molecule has 20 nitrogen and oxygen atoms in total. The quantitative estimate of drug-likeness (QED) is 0.0374. The molecule has 3 heterocycles. The second kappa shape index (κ2) is 11.6. The van der Waals surface area contributed by atoms with Gasteiger partial charge in [-0.1, -0.05) is 5.16 Å². The lowest BCUT2D eigenvalue weighted by Gasteiger charge is -2.43. The Balaban J connectivity index is 1.52. The average molecular weight is 615 g/mol. The molecule has 41 heavy (non-hydrogen) atoms. The molecule has 0 radical (unpaired) electrons. The monoisotopic (exact) mass is 614 g/mol. The summed E-state index contributed by atoms with van der Waals surface area (Å²) >= 11 is 0.962. The number of anilines is 1. The second-order valence-electron chi connectivity index (χ2n) is 8.84. The van der Waals surface area contributed by atoms with Crippen LogP contribution in [0.25, 0.3) is 0 Å². The molecule has 2 aromatic heterocycles. The van der Waals surface area contributed by atoms with E-state index in [0.717, 1.165) is 16.1 Å². The van der Waals surface area contributed by atoms with Gasteiger partial charge in [-0.15, -0.1) is 11.3 Å². The largest absolute Gasteiger partial charge is 0.478 e. The van der Waals surface area contributed by atoms with Crippen LogP contribution in [0.5, 0.6) is 0 Å². The van der Waals surface area contributed by atoms with Crippen LogP contribution in [0.3, 0.4) is 0 Å². The van der Waals surface area contributed by atoms with Crippen LogP contribution >= 0.6 is 11.3 Å². The molecule has 4 rings (SSSR count). The number of hydrogen-bond donors (Lipinski definition) is 7. The lowest BCUT2D eigenvalue weighted by molar-refractivity contribution is -0.153. The van der Waals surface area contributed by atoms with Crippen LogP contribution in [0.15, 0.2) is 21.7 Å². The summed E-state index contributed by atoms with van der Waals surface area (Å²) in [4.78, 5) is 51.5. The highest BCUT2D eigenvalue weighted by molar-refractivity contribution is 7.84. The van der Waals surface area contributed by atoms with Crippen molar-refractivity contribution in [2.24, 2.45) is 21.6 Å². The summed E-state index contributed by atoms with van der Waals surface area (Å²) in [6.07, 6.45) is 1.65. The maximum Gasteiger partial charge on any atom is 0.362 e. The van der Waals surface area contributed by atoms with Gasteiger partial charge in [-0.25, -0.2) is 19.1 Å². The number of nitrogens with zero attached hydrogens (tertiary/aromatic N) is 7. The number of nitrogens with two attached hydrogens (primary N) is 3. The molecule has 0 spiro atoms. The van der Waals surface area contributed by atoms with E-state index in [-0.39, 0.29) is 47.0 Å². The minimum absolute atomic E-state index is 0.0175. The zero-order chi connectivity index (χ0) is 29.9. The topological polar surface area (TPSA) is 309 Å². The van der Waals surface area contributed by atoms with Gasteiger partial charge < -0.3 is 37.8 Å². The van der Waals surface area contributed by atoms with Crippen LogP contribution in [0.2, 0.25) is 0 Å². The minimum Gasteiger partial charge on any atom is -0.478 e. The number of hydrogen-bond acceptors (Lipinski definition) is 14. The predicted molar refractivity (Wildman–Crippen MR) is 140 cm³/mol. The number of aromatic nitrogens is 4. The Kier molecular flexibility index (Phi) is 8.37. The first-order chi connectivity index (χ1) is 19.3. The van der Waals surface area contributed by atoms with Crippen molar-refractivity contribution in [1.82, 2.24) is 34.9 Å². The molecule has 1 saturated carbocycles. The van der Waals surface area contributed by atoms with E-state index in [1.165, 1.54) is 11.6 Å². The van der Waals surface area contributed by atoms with Crippen molar-refractivity contribution in [3.05, 3.63) is 23.0 Å². The first kappa shape index (κ1) is 29.6. The van der Waals surface area contributed by atoms with Crippen molar-refractivity contribution < 1.29 is 37.3 Å². The number of carboxylic acids is 1. The molecule has 0 bridgehead atoms. The third kappa shape index (κ3) is 6.67. The fourth-order valence-electron chi connectivity index (χ4n) is 3.63. The van der Waals surface area contributed by atoms with Crippen LogP contribution in [0.4, 0.5) is 5.13 Å². The number of amides is 2. The molecule has 1 saturated heterocycles. The van der Waals surface area contributed by atoms with E-state index in [1.807, 2.05) is 0 Å². The Bertz CT molecular complexity index is 1500. The van der Waals surface area contributed by atoms with Crippen molar-refractivity contribution in [3.8, 4) is 0 Å². The molecule has 2 aliphatic rings. The number of β-lactam (4-membered cyclic amide) rings is 1. The van der Waals surface area contributed by atoms with Gasteiger partial charge in [0.15, 0.2) is 16.8 Å². The Morgan fingerprint density at radius 2 is 2.07 bits per heavy atom. The van der Waals surface area contributed by atoms with Crippen molar-refractivity contribution in [2.45, 2.75) is 43.6 Å². The smallest absolute Gasteiger partial charge is 0.362 e. The summed E-state index contributed by atoms with van der Waals surface area (Å²) in [7, 11) is -5.02. The van der Waals surface area contributed by atoms with E-state index in [1.54, 1.807) is 0 Å². The third-order valence-corrected chi connectivity index (χ3v) is 7.51. The normalized spacial score (nSPS) is 20.3. The van der Waals surface area contributed by atoms with Gasteiger partial charge in [0.25, 0.3) is 11.8 Å². The number of aliphatic carboxylic acids is 1. The predicted octanol–water partition coefficient (Wildman–Crippen LogP) is -3.78. The molecule has 2 aromatic rings. The molecule has 1 aliphatic heterocycles. The highest BCUT2D eigenvalue weighted by Crippen LogP contribution is 2.40. The summed E-state index contributed by atoms with van der Waals surface area (Å²) in [6.45, 7) is 0.403. The van der Waals surface area contributed by atoms with E-state index >= 15 is 0 Å². The summed E-state index contributed by atoms with van der Waals surface area (Å²) in [5.41, 5.74) is 14.9. The van der Waals surface area contributed by atoms with Gasteiger partial charge >= 0.3 is 16.3 Å². The third-order valence-electron chi connectivity index (χ3n) is 5.89. The first-order valence-corrected chi connectivity index (χ1v) is 14.1. The van der Waals surface area contributed by atoms with Crippen molar-refractivity contribution in [2.75, 3.05) is 18.8 Å². The zero-order valence-corrected chi connectivity index (χ0v) is 22.7. The van der Waals surface area contributed by atoms with E-state index in [4.69, 9.17) is 22.0 Å². The fourth-order valence-corrected chi connectivity index (χ4v) is 5.04. The number of carboxylic acid groups (broad SMARTS) is 1. The highest BCUT2D eigenvalue weighted by Gasteiger charge is 2.56. The summed E-state index contributed by atoms with van der Waals surface area (Å²) < 4.78 is 33.6. The molecule has 1 aliphatic carbocycles. The molecular formula is C19H26N12O8S2. The molecule has 22 heteroatoms. The van der Waals surface area contributed by atoms with Gasteiger partial charge in [-0.05, 0) is 0 Å². The summed E-state index contributed by atoms with van der Waals surface area (Å²) in [5, 5.41) is 27.7. The van der Waals surface area contributed by atoms with Gasteiger partial charge in [0.05, 0.1) is 19.3 Å². The molecule has 222 valence electrons. The van der Waals surface area contributed by atoms with Crippen LogP contribution in [0, 0.1) is 0 Å². The number of aliphatic imine (C=N–C) groups is 1. The van der Waals surface area contributed by atoms with Gasteiger partial charge in [-0.2, -0.15) is 23.4 Å². The van der Waals surface area contributed by atoms with Gasteiger partial charge in [0.1, 0.15) is 23.5 Å². The maximum atomic E-state index is 13.2. The number of carbonyl (C=O) groups excluding carboxylic acids is 2. The number of nitrogen functional groups attached to an aromatic ring is 1. The number of nitrogens with one attached hydrogen (secondary N) is 2. The SMILES string of the molecule is NCCNC(N)=NCc1cnn(C[C@H]2C(NC(=O)/C(=N\OC3(C(=O)O)CC3)c3csc(N)n3)C(=O)N2S(=O)(=O)O)n1. The van der Waals surface area contributed by atoms with Gasteiger partial charge in [0.2, 0.25) is 5.60 Å². The molecule has 2 atom stereocenters. The van der Waals surface area contributed by atoms with Crippen LogP contribution in [0.1, 0.15) is 24.2 Å². The first-order valence-electron chi connectivity index (χ1n) is 11.8. The van der Waals surface area contributed by atoms with Crippen molar-refractivity contribution in [1.29, 1.82) is 0 Å². The maximum absolute atomic E-state index is 13.2. The number of oxime groups is 1. The number of carbonyl (C=O) groups is 3. The molecule has 2 fully saturated rings. The van der Waals surface area contributed by atoms with Gasteiger partial charge in [0, 0.05) is 31.3 Å². The van der Waals surface area contributed by atoms with Crippen LogP contribution in [-0.4, -0.2) is 103 Å². The van der Waals surface area contributed by atoms with Gasteiger partial charge in [-0.3, -0.25) is 14.1 Å². The Morgan fingerprint density at radius 3 is 2.66 bits per heavy atom. The Labute approximate surface area is 235 Å². The van der Waals surface area contributed by atoms with E-state index < -0.39 is 51.5 Å². The van der Waals surface area contributed by atoms with Crippen LogP contribution in [-0.2, 0) is 42.6 Å². The van der Waals surface area contributed by atoms with Crippen molar-refractivity contribution in [3.63, 3.8) is 0 Å². The lowest BCUT2D eigenvalue weighted by atomic mass is 9.98. The average Bonchev–Trinajstić information content (AvgIpc) is 3.37. The minimum atomic E-state index is -5.02. The van der Waals surface area contributed by atoms with Crippen molar-refractivity contribution >= 4 is 56.2 Å². The fraction of sp³-hybridized carbons (Fsp3) is 0.474. The summed E-state index contributed by atoms with van der Waals surface area (Å²) in [5.74, 6) is -3.35. The molecule has 2 amide bonds. The van der Waals surface area contributed by atoms with E-state index in [0.29, 0.717) is 18.8 Å². The molecular weight excluding hydrogens is 588 g/mol. The van der Waals surface area contributed by atoms with Crippen LogP contribution < -0.4 is 27.8 Å². The Morgan fingerprint density at radius 1 is 1.34 bits per heavy atom. The molecule has 0 aromatic carbocycles. The lowest BCUT2D eigenvalue weighted by Crippen LogP contribution is -2.73. The Hall–Kier alpha value is -4.41. The van der Waals surface area contributed by atoms with E-state index in [9.17, 15) is 32.5 Å².